The van der Waals surface area contributed by atoms with Crippen molar-refractivity contribution in [2.45, 2.75) is 13.0 Å². The SMILES string of the molecule is O=C(CCn1c(=O)oc2ccccc21)n1c(=S)oc2ccccc21. The Morgan fingerprint density at radius 1 is 0.958 bits per heavy atom. The van der Waals surface area contributed by atoms with Gasteiger partial charge in [-0.2, -0.15) is 0 Å². The van der Waals surface area contributed by atoms with Crippen molar-refractivity contribution >= 4 is 40.3 Å². The molecule has 0 bridgehead atoms. The van der Waals surface area contributed by atoms with Crippen LogP contribution in [-0.2, 0) is 6.54 Å². The summed E-state index contributed by atoms with van der Waals surface area (Å²) in [7, 11) is 0. The Bertz CT molecular complexity index is 1180. The minimum atomic E-state index is -0.482. The first-order valence-electron chi connectivity index (χ1n) is 7.37. The van der Waals surface area contributed by atoms with Gasteiger partial charge in [0, 0.05) is 13.0 Å². The molecule has 0 radical (unpaired) electrons. The van der Waals surface area contributed by atoms with Crippen LogP contribution in [0.4, 0.5) is 0 Å². The van der Waals surface area contributed by atoms with Crippen LogP contribution in [0.25, 0.3) is 22.2 Å². The smallest absolute Gasteiger partial charge is 0.419 e. The number of aromatic nitrogens is 2. The highest BCUT2D eigenvalue weighted by atomic mass is 32.1. The van der Waals surface area contributed by atoms with Gasteiger partial charge in [0.1, 0.15) is 0 Å². The predicted molar refractivity (Wildman–Crippen MR) is 90.8 cm³/mol. The third kappa shape index (κ3) is 2.30. The number of carbonyl (C=O) groups is 1. The predicted octanol–water partition coefficient (Wildman–Crippen LogP) is 3.60. The summed E-state index contributed by atoms with van der Waals surface area (Å²) in [4.78, 5) is 24.6. The first-order valence-corrected chi connectivity index (χ1v) is 7.78. The van der Waals surface area contributed by atoms with Gasteiger partial charge in [0.15, 0.2) is 11.2 Å². The zero-order valence-corrected chi connectivity index (χ0v) is 13.3. The van der Waals surface area contributed by atoms with Crippen molar-refractivity contribution in [2.75, 3.05) is 0 Å². The Kier molecular flexibility index (Phi) is 3.42. The molecule has 0 aliphatic carbocycles. The van der Waals surface area contributed by atoms with E-state index in [2.05, 4.69) is 0 Å². The number of carbonyl (C=O) groups excluding carboxylic acids is 1. The fraction of sp³-hybridized carbons (Fsp3) is 0.118. The van der Waals surface area contributed by atoms with Crippen LogP contribution in [-0.4, -0.2) is 15.0 Å². The molecule has 24 heavy (non-hydrogen) atoms. The Hall–Kier alpha value is -2.93. The first kappa shape index (κ1) is 14.6. The van der Waals surface area contributed by atoms with Gasteiger partial charge >= 0.3 is 5.76 Å². The Balaban J connectivity index is 1.67. The molecule has 0 aliphatic heterocycles. The van der Waals surface area contributed by atoms with Crippen LogP contribution < -0.4 is 5.76 Å². The van der Waals surface area contributed by atoms with E-state index >= 15 is 0 Å². The van der Waals surface area contributed by atoms with Gasteiger partial charge in [-0.1, -0.05) is 24.3 Å². The van der Waals surface area contributed by atoms with Crippen molar-refractivity contribution in [3.8, 4) is 0 Å². The van der Waals surface area contributed by atoms with Gasteiger partial charge in [-0.15, -0.1) is 0 Å². The largest absolute Gasteiger partial charge is 0.429 e. The van der Waals surface area contributed by atoms with E-state index in [0.717, 1.165) is 0 Å². The van der Waals surface area contributed by atoms with E-state index in [0.29, 0.717) is 22.2 Å². The second kappa shape index (κ2) is 5.61. The first-order chi connectivity index (χ1) is 11.6. The van der Waals surface area contributed by atoms with Crippen molar-refractivity contribution in [3.63, 3.8) is 0 Å². The summed E-state index contributed by atoms with van der Waals surface area (Å²) >= 11 is 5.13. The third-order valence-electron chi connectivity index (χ3n) is 3.86. The average Bonchev–Trinajstić information content (AvgIpc) is 3.08. The molecule has 7 heteroatoms. The normalized spacial score (nSPS) is 11.3. The highest BCUT2D eigenvalue weighted by molar-refractivity contribution is 7.71. The lowest BCUT2D eigenvalue weighted by molar-refractivity contribution is 0.0896. The third-order valence-corrected chi connectivity index (χ3v) is 4.12. The average molecular weight is 340 g/mol. The van der Waals surface area contributed by atoms with Crippen LogP contribution in [0.3, 0.4) is 0 Å². The van der Waals surface area contributed by atoms with Gasteiger partial charge in [0.2, 0.25) is 5.91 Å². The molecular weight excluding hydrogens is 328 g/mol. The maximum absolute atomic E-state index is 12.6. The van der Waals surface area contributed by atoms with E-state index in [1.54, 1.807) is 30.3 Å². The van der Waals surface area contributed by atoms with Crippen molar-refractivity contribution in [1.29, 1.82) is 0 Å². The molecule has 0 saturated carbocycles. The molecule has 120 valence electrons. The zero-order chi connectivity index (χ0) is 16.7. The van der Waals surface area contributed by atoms with E-state index in [1.165, 1.54) is 9.13 Å². The lowest BCUT2D eigenvalue weighted by Crippen LogP contribution is -2.19. The molecule has 6 nitrogen and oxygen atoms in total. The minimum Gasteiger partial charge on any atom is -0.429 e. The van der Waals surface area contributed by atoms with E-state index in [1.807, 2.05) is 18.2 Å². The molecule has 0 spiro atoms. The van der Waals surface area contributed by atoms with Crippen molar-refractivity contribution < 1.29 is 13.6 Å². The molecule has 0 aliphatic rings. The molecule has 2 heterocycles. The number of hydrogen-bond acceptors (Lipinski definition) is 5. The molecule has 2 aromatic carbocycles. The highest BCUT2D eigenvalue weighted by Gasteiger charge is 2.15. The van der Waals surface area contributed by atoms with Crippen molar-refractivity contribution in [2.24, 2.45) is 0 Å². The Morgan fingerprint density at radius 2 is 1.58 bits per heavy atom. The maximum Gasteiger partial charge on any atom is 0.419 e. The van der Waals surface area contributed by atoms with E-state index in [-0.39, 0.29) is 23.7 Å². The summed E-state index contributed by atoms with van der Waals surface area (Å²) in [6.07, 6.45) is 0.0985. The number of nitrogens with zero attached hydrogens (tertiary/aromatic N) is 2. The summed E-state index contributed by atoms with van der Waals surface area (Å²) in [5, 5.41) is 0. The molecule has 0 N–H and O–H groups in total. The molecule has 0 amide bonds. The molecule has 0 saturated heterocycles. The number of oxazole rings is 2. The standard InChI is InChI=1S/C17H12N2O4S/c20-15(19-12-6-2-4-8-14(12)23-17(19)24)9-10-18-11-5-1-3-7-13(11)22-16(18)21/h1-8H,9-10H2. The van der Waals surface area contributed by atoms with Gasteiger partial charge in [-0.25, -0.2) is 9.36 Å². The van der Waals surface area contributed by atoms with Crippen LogP contribution in [0.2, 0.25) is 0 Å². The lowest BCUT2D eigenvalue weighted by atomic mass is 10.3. The van der Waals surface area contributed by atoms with Gasteiger partial charge in [-0.3, -0.25) is 9.36 Å². The summed E-state index contributed by atoms with van der Waals surface area (Å²) in [5.41, 5.74) is 2.34. The fourth-order valence-corrected chi connectivity index (χ4v) is 3.04. The number of fused-ring (bicyclic) bond motifs is 2. The fourth-order valence-electron chi connectivity index (χ4n) is 2.75. The molecule has 0 fully saturated rings. The van der Waals surface area contributed by atoms with Gasteiger partial charge < -0.3 is 8.83 Å². The van der Waals surface area contributed by atoms with Crippen molar-refractivity contribution in [3.05, 3.63) is 63.9 Å². The summed E-state index contributed by atoms with van der Waals surface area (Å²) in [6, 6.07) is 14.2. The Morgan fingerprint density at radius 3 is 2.33 bits per heavy atom. The summed E-state index contributed by atoms with van der Waals surface area (Å²) in [6.45, 7) is 0.204. The number of aryl methyl sites for hydroxylation is 1. The van der Waals surface area contributed by atoms with Crippen LogP contribution in [0.15, 0.2) is 62.2 Å². The molecule has 2 aromatic heterocycles. The second-order valence-electron chi connectivity index (χ2n) is 5.30. The van der Waals surface area contributed by atoms with Gasteiger partial charge in [0.05, 0.1) is 11.0 Å². The summed E-state index contributed by atoms with van der Waals surface area (Å²) < 4.78 is 13.4. The van der Waals surface area contributed by atoms with Gasteiger partial charge in [-0.05, 0) is 36.5 Å². The molecule has 4 rings (SSSR count). The lowest BCUT2D eigenvalue weighted by Gasteiger charge is -2.03. The molecule has 4 aromatic rings. The monoisotopic (exact) mass is 340 g/mol. The second-order valence-corrected chi connectivity index (χ2v) is 5.65. The topological polar surface area (TPSA) is 70.3 Å². The Labute approximate surface area is 140 Å². The van der Waals surface area contributed by atoms with Crippen LogP contribution in [0.5, 0.6) is 0 Å². The molecular formula is C17H12N2O4S. The maximum atomic E-state index is 12.6. The number of hydrogen-bond donors (Lipinski definition) is 0. The van der Waals surface area contributed by atoms with Crippen molar-refractivity contribution in [1.82, 2.24) is 9.13 Å². The highest BCUT2D eigenvalue weighted by Crippen LogP contribution is 2.18. The molecule has 0 unspecified atom stereocenters. The quantitative estimate of drug-likeness (QED) is 0.533. The number of benzene rings is 2. The minimum absolute atomic E-state index is 0.0985. The van der Waals surface area contributed by atoms with E-state index < -0.39 is 5.76 Å². The van der Waals surface area contributed by atoms with E-state index in [4.69, 9.17) is 21.1 Å². The van der Waals surface area contributed by atoms with Crippen LogP contribution in [0.1, 0.15) is 11.2 Å². The van der Waals surface area contributed by atoms with Gasteiger partial charge in [0.25, 0.3) is 4.84 Å². The van der Waals surface area contributed by atoms with E-state index in [9.17, 15) is 9.59 Å². The van der Waals surface area contributed by atoms with Crippen LogP contribution in [0, 0.1) is 4.84 Å². The summed E-state index contributed by atoms with van der Waals surface area (Å²) in [5.74, 6) is -0.716. The number of rotatable bonds is 3. The number of para-hydroxylation sites is 4. The molecule has 0 atom stereocenters. The van der Waals surface area contributed by atoms with Crippen LogP contribution >= 0.6 is 12.2 Å². The zero-order valence-electron chi connectivity index (χ0n) is 12.5.